The Bertz CT molecular complexity index is 266. The maximum atomic E-state index is 10.9. The van der Waals surface area contributed by atoms with Crippen LogP contribution in [0.25, 0.3) is 0 Å². The summed E-state index contributed by atoms with van der Waals surface area (Å²) < 4.78 is 1.74. The van der Waals surface area contributed by atoms with Gasteiger partial charge in [0.2, 0.25) is 5.91 Å². The summed E-state index contributed by atoms with van der Waals surface area (Å²) in [5.41, 5.74) is 0.0868. The van der Waals surface area contributed by atoms with E-state index in [0.29, 0.717) is 5.70 Å². The van der Waals surface area contributed by atoms with Crippen molar-refractivity contribution in [2.24, 2.45) is 5.41 Å². The summed E-state index contributed by atoms with van der Waals surface area (Å²) in [6, 6.07) is 2.12. The minimum Gasteiger partial charge on any atom is -0.328 e. The van der Waals surface area contributed by atoms with Gasteiger partial charge in [-0.25, -0.2) is 0 Å². The van der Waals surface area contributed by atoms with Gasteiger partial charge < -0.3 is 5.32 Å². The van der Waals surface area contributed by atoms with Crippen molar-refractivity contribution in [2.75, 3.05) is 0 Å². The van der Waals surface area contributed by atoms with Gasteiger partial charge in [0.25, 0.3) is 0 Å². The number of carbonyl (C=O) groups is 1. The molecule has 1 rings (SSSR count). The SMILES string of the molecule is CC1(C#N)CC(=O)N/C1=C/I. The van der Waals surface area contributed by atoms with Crippen LogP contribution in [0, 0.1) is 16.7 Å². The van der Waals surface area contributed by atoms with Gasteiger partial charge >= 0.3 is 0 Å². The Morgan fingerprint density at radius 1 is 1.91 bits per heavy atom. The van der Waals surface area contributed by atoms with Crippen LogP contribution in [0.2, 0.25) is 0 Å². The molecule has 0 aromatic heterocycles. The lowest BCUT2D eigenvalue weighted by Gasteiger charge is -2.11. The normalized spacial score (nSPS) is 33.5. The molecule has 0 aromatic rings. The maximum absolute atomic E-state index is 10.9. The molecule has 0 aliphatic carbocycles. The topological polar surface area (TPSA) is 52.9 Å². The number of nitrogens with one attached hydrogen (secondary N) is 1. The first-order valence-corrected chi connectivity index (χ1v) is 4.39. The summed E-state index contributed by atoms with van der Waals surface area (Å²) >= 11 is 2.02. The van der Waals surface area contributed by atoms with Crippen LogP contribution in [-0.2, 0) is 4.79 Å². The molecule has 11 heavy (non-hydrogen) atoms. The number of nitriles is 1. The molecule has 1 atom stereocenters. The van der Waals surface area contributed by atoms with Gasteiger partial charge in [-0.1, -0.05) is 22.6 Å². The number of hydrogen-bond donors (Lipinski definition) is 1. The van der Waals surface area contributed by atoms with E-state index in [2.05, 4.69) is 11.4 Å². The molecule has 0 aromatic carbocycles. The molecule has 0 saturated carbocycles. The van der Waals surface area contributed by atoms with Crippen LogP contribution in [0.15, 0.2) is 9.78 Å². The number of hydrogen-bond acceptors (Lipinski definition) is 2. The van der Waals surface area contributed by atoms with Gasteiger partial charge in [0, 0.05) is 5.70 Å². The average Bonchev–Trinajstić information content (AvgIpc) is 2.27. The zero-order valence-corrected chi connectivity index (χ0v) is 8.18. The molecule has 1 aliphatic rings. The average molecular weight is 262 g/mol. The number of amides is 1. The zero-order valence-electron chi connectivity index (χ0n) is 6.02. The molecule has 1 amide bonds. The van der Waals surface area contributed by atoms with E-state index in [-0.39, 0.29) is 12.3 Å². The molecule has 1 aliphatic heterocycles. The van der Waals surface area contributed by atoms with Crippen LogP contribution in [0.4, 0.5) is 0 Å². The van der Waals surface area contributed by atoms with Crippen molar-refractivity contribution in [1.82, 2.24) is 5.32 Å². The number of allylic oxidation sites excluding steroid dienone is 1. The van der Waals surface area contributed by atoms with Crippen molar-refractivity contribution in [2.45, 2.75) is 13.3 Å². The van der Waals surface area contributed by atoms with Crippen LogP contribution in [0.3, 0.4) is 0 Å². The van der Waals surface area contributed by atoms with E-state index in [4.69, 9.17) is 5.26 Å². The third kappa shape index (κ3) is 1.38. The zero-order chi connectivity index (χ0) is 8.48. The van der Waals surface area contributed by atoms with Crippen LogP contribution in [-0.4, -0.2) is 5.91 Å². The van der Waals surface area contributed by atoms with Gasteiger partial charge in [-0.3, -0.25) is 4.79 Å². The number of carbonyl (C=O) groups excluding carboxylic acids is 1. The van der Waals surface area contributed by atoms with Crippen LogP contribution in [0.5, 0.6) is 0 Å². The highest BCUT2D eigenvalue weighted by Crippen LogP contribution is 2.34. The first-order chi connectivity index (χ1) is 5.12. The molecule has 1 unspecified atom stereocenters. The minimum absolute atomic E-state index is 0.0723. The molecule has 0 spiro atoms. The fourth-order valence-electron chi connectivity index (χ4n) is 0.996. The number of rotatable bonds is 0. The molecule has 4 heteroatoms. The number of halogens is 1. The van der Waals surface area contributed by atoms with E-state index in [1.807, 2.05) is 22.6 Å². The summed E-state index contributed by atoms with van der Waals surface area (Å²) in [5.74, 6) is -0.0723. The Morgan fingerprint density at radius 2 is 2.55 bits per heavy atom. The molecule has 1 N–H and O–H groups in total. The third-order valence-electron chi connectivity index (χ3n) is 1.74. The van der Waals surface area contributed by atoms with Crippen LogP contribution >= 0.6 is 22.6 Å². The quantitative estimate of drug-likeness (QED) is 0.669. The Kier molecular flexibility index (Phi) is 2.18. The fraction of sp³-hybridized carbons (Fsp3) is 0.429. The highest BCUT2D eigenvalue weighted by molar-refractivity contribution is 14.1. The fourth-order valence-corrected chi connectivity index (χ4v) is 1.84. The van der Waals surface area contributed by atoms with E-state index in [1.165, 1.54) is 0 Å². The third-order valence-corrected chi connectivity index (χ3v) is 2.36. The Hall–Kier alpha value is -0.570. The Labute approximate surface area is 78.6 Å². The lowest BCUT2D eigenvalue weighted by Crippen LogP contribution is -2.15. The lowest BCUT2D eigenvalue weighted by molar-refractivity contribution is -0.119. The summed E-state index contributed by atoms with van der Waals surface area (Å²) in [4.78, 5) is 10.9. The standard InChI is InChI=1S/C7H7IN2O/c1-7(4-9)2-6(11)10-5(7)3-8/h3H,2H2,1H3,(H,10,11)/b5-3+. The summed E-state index contributed by atoms with van der Waals surface area (Å²) in [5, 5.41) is 11.4. The van der Waals surface area contributed by atoms with Gasteiger partial charge in [0.05, 0.1) is 12.5 Å². The Morgan fingerprint density at radius 3 is 2.91 bits per heavy atom. The molecular formula is C7H7IN2O. The predicted molar refractivity (Wildman–Crippen MR) is 48.6 cm³/mol. The van der Waals surface area contributed by atoms with Gasteiger partial charge in [-0.05, 0) is 11.0 Å². The second kappa shape index (κ2) is 2.81. The predicted octanol–water partition coefficient (Wildman–Crippen LogP) is 1.31. The second-order valence-corrected chi connectivity index (χ2v) is 3.31. The van der Waals surface area contributed by atoms with E-state index >= 15 is 0 Å². The van der Waals surface area contributed by atoms with Crippen LogP contribution < -0.4 is 5.32 Å². The molecule has 3 nitrogen and oxygen atoms in total. The first-order valence-electron chi connectivity index (χ1n) is 3.14. The van der Waals surface area contributed by atoms with Crippen molar-refractivity contribution in [3.05, 3.63) is 9.78 Å². The molecule has 1 fully saturated rings. The highest BCUT2D eigenvalue weighted by atomic mass is 127. The summed E-state index contributed by atoms with van der Waals surface area (Å²) in [6.07, 6.45) is 0.276. The molecule has 1 heterocycles. The second-order valence-electron chi connectivity index (χ2n) is 2.69. The largest absolute Gasteiger partial charge is 0.328 e. The van der Waals surface area contributed by atoms with E-state index in [0.717, 1.165) is 0 Å². The summed E-state index contributed by atoms with van der Waals surface area (Å²) in [7, 11) is 0. The maximum Gasteiger partial charge on any atom is 0.226 e. The van der Waals surface area contributed by atoms with Gasteiger partial charge in [0.1, 0.15) is 5.41 Å². The summed E-state index contributed by atoms with van der Waals surface area (Å²) in [6.45, 7) is 1.76. The smallest absolute Gasteiger partial charge is 0.226 e. The monoisotopic (exact) mass is 262 g/mol. The lowest BCUT2D eigenvalue weighted by atomic mass is 9.89. The van der Waals surface area contributed by atoms with Gasteiger partial charge in [0.15, 0.2) is 0 Å². The molecule has 1 saturated heterocycles. The molecule has 58 valence electrons. The van der Waals surface area contributed by atoms with E-state index in [1.54, 1.807) is 11.0 Å². The van der Waals surface area contributed by atoms with Crippen molar-refractivity contribution in [1.29, 1.82) is 5.26 Å². The molecular weight excluding hydrogens is 255 g/mol. The van der Waals surface area contributed by atoms with Crippen molar-refractivity contribution in [3.8, 4) is 6.07 Å². The van der Waals surface area contributed by atoms with Gasteiger partial charge in [-0.15, -0.1) is 0 Å². The van der Waals surface area contributed by atoms with Crippen molar-refractivity contribution in [3.63, 3.8) is 0 Å². The molecule has 0 radical (unpaired) electrons. The highest BCUT2D eigenvalue weighted by Gasteiger charge is 2.38. The first kappa shape index (κ1) is 8.53. The molecule has 0 bridgehead atoms. The Balaban J connectivity index is 3.01. The van der Waals surface area contributed by atoms with E-state index in [9.17, 15) is 4.79 Å². The van der Waals surface area contributed by atoms with Gasteiger partial charge in [-0.2, -0.15) is 5.26 Å². The van der Waals surface area contributed by atoms with Crippen molar-refractivity contribution >= 4 is 28.5 Å². The number of nitrogens with zero attached hydrogens (tertiary/aromatic N) is 1. The van der Waals surface area contributed by atoms with Crippen LogP contribution in [0.1, 0.15) is 13.3 Å². The minimum atomic E-state index is -0.627. The van der Waals surface area contributed by atoms with Crippen molar-refractivity contribution < 1.29 is 4.79 Å². The van der Waals surface area contributed by atoms with E-state index < -0.39 is 5.41 Å².